The number of likely N-dealkylation sites (N-methyl/N-ethyl adjacent to an activating group) is 1. The van der Waals surface area contributed by atoms with Crippen molar-refractivity contribution >= 4 is 11.6 Å². The summed E-state index contributed by atoms with van der Waals surface area (Å²) < 4.78 is 5.39. The Morgan fingerprint density at radius 2 is 2.00 bits per heavy atom. The fourth-order valence-corrected chi connectivity index (χ4v) is 1.33. The van der Waals surface area contributed by atoms with Crippen molar-refractivity contribution in [1.82, 2.24) is 4.90 Å². The number of carbonyl (C=O) groups excluding carboxylic acids is 1. The first-order chi connectivity index (χ1) is 8.04. The number of rotatable bonds is 5. The van der Waals surface area contributed by atoms with E-state index in [1.165, 1.54) is 0 Å². The molecular formula is C13H20N2O2. The maximum Gasteiger partial charge on any atom is 0.260 e. The molecule has 0 spiro atoms. The molecule has 0 bridgehead atoms. The van der Waals surface area contributed by atoms with Gasteiger partial charge in [0.05, 0.1) is 0 Å². The Labute approximate surface area is 102 Å². The van der Waals surface area contributed by atoms with Crippen LogP contribution in [0, 0.1) is 0 Å². The van der Waals surface area contributed by atoms with E-state index in [9.17, 15) is 4.79 Å². The number of nitrogens with two attached hydrogens (primary N) is 1. The molecule has 1 aromatic rings. The maximum atomic E-state index is 11.8. The lowest BCUT2D eigenvalue weighted by Gasteiger charge is -2.23. The molecule has 0 radical (unpaired) electrons. The van der Waals surface area contributed by atoms with Gasteiger partial charge in [-0.15, -0.1) is 0 Å². The van der Waals surface area contributed by atoms with E-state index in [2.05, 4.69) is 6.92 Å². The van der Waals surface area contributed by atoms with Gasteiger partial charge in [-0.1, -0.05) is 6.92 Å². The van der Waals surface area contributed by atoms with Gasteiger partial charge in [0.2, 0.25) is 0 Å². The monoisotopic (exact) mass is 236 g/mol. The SMILES string of the molecule is CCC(C)N(C)C(=O)COc1ccc(N)cc1. The molecule has 0 heterocycles. The van der Waals surface area contributed by atoms with Gasteiger partial charge in [0.25, 0.3) is 5.91 Å². The van der Waals surface area contributed by atoms with Gasteiger partial charge in [0.15, 0.2) is 6.61 Å². The van der Waals surface area contributed by atoms with Crippen LogP contribution in [-0.4, -0.2) is 30.5 Å². The van der Waals surface area contributed by atoms with Crippen LogP contribution in [0.3, 0.4) is 0 Å². The highest BCUT2D eigenvalue weighted by atomic mass is 16.5. The highest BCUT2D eigenvalue weighted by Gasteiger charge is 2.14. The van der Waals surface area contributed by atoms with Gasteiger partial charge < -0.3 is 15.4 Å². The molecule has 0 aliphatic rings. The number of hydrogen-bond acceptors (Lipinski definition) is 3. The van der Waals surface area contributed by atoms with Crippen LogP contribution < -0.4 is 10.5 Å². The molecule has 2 N–H and O–H groups in total. The summed E-state index contributed by atoms with van der Waals surface area (Å²) in [6.45, 7) is 4.13. The molecule has 1 atom stereocenters. The Bertz CT molecular complexity index is 362. The normalized spacial score (nSPS) is 11.9. The number of ether oxygens (including phenoxy) is 1. The van der Waals surface area contributed by atoms with Gasteiger partial charge in [-0.05, 0) is 37.6 Å². The van der Waals surface area contributed by atoms with Gasteiger partial charge >= 0.3 is 0 Å². The molecule has 1 aromatic carbocycles. The van der Waals surface area contributed by atoms with Crippen LogP contribution >= 0.6 is 0 Å². The van der Waals surface area contributed by atoms with Crippen molar-refractivity contribution in [3.8, 4) is 5.75 Å². The minimum atomic E-state index is -0.0174. The quantitative estimate of drug-likeness (QED) is 0.794. The second kappa shape index (κ2) is 6.13. The average Bonchev–Trinajstić information content (AvgIpc) is 2.35. The summed E-state index contributed by atoms with van der Waals surface area (Å²) in [6.07, 6.45) is 0.935. The molecule has 94 valence electrons. The second-order valence-electron chi connectivity index (χ2n) is 4.12. The summed E-state index contributed by atoms with van der Waals surface area (Å²) in [5, 5.41) is 0. The molecule has 0 saturated heterocycles. The van der Waals surface area contributed by atoms with Crippen molar-refractivity contribution < 1.29 is 9.53 Å². The lowest BCUT2D eigenvalue weighted by molar-refractivity contribution is -0.133. The zero-order chi connectivity index (χ0) is 12.8. The molecule has 0 fully saturated rings. The lowest BCUT2D eigenvalue weighted by Crippen LogP contribution is -2.37. The summed E-state index contributed by atoms with van der Waals surface area (Å²) in [5.74, 6) is 0.640. The molecule has 4 heteroatoms. The highest BCUT2D eigenvalue weighted by molar-refractivity contribution is 5.77. The zero-order valence-electron chi connectivity index (χ0n) is 10.6. The van der Waals surface area contributed by atoms with Crippen LogP contribution in [0.15, 0.2) is 24.3 Å². The fourth-order valence-electron chi connectivity index (χ4n) is 1.33. The Morgan fingerprint density at radius 1 is 1.41 bits per heavy atom. The van der Waals surface area contributed by atoms with Crippen LogP contribution in [0.25, 0.3) is 0 Å². The Balaban J connectivity index is 2.45. The topological polar surface area (TPSA) is 55.6 Å². The lowest BCUT2D eigenvalue weighted by atomic mass is 10.2. The van der Waals surface area contributed by atoms with Gasteiger partial charge in [-0.3, -0.25) is 4.79 Å². The minimum Gasteiger partial charge on any atom is -0.484 e. The molecule has 1 rings (SSSR count). The first-order valence-electron chi connectivity index (χ1n) is 5.78. The number of nitrogens with zero attached hydrogens (tertiary/aromatic N) is 1. The maximum absolute atomic E-state index is 11.8. The van der Waals surface area contributed by atoms with E-state index in [0.29, 0.717) is 11.4 Å². The fraction of sp³-hybridized carbons (Fsp3) is 0.462. The van der Waals surface area contributed by atoms with E-state index in [1.54, 1.807) is 36.2 Å². The van der Waals surface area contributed by atoms with E-state index in [1.807, 2.05) is 6.92 Å². The van der Waals surface area contributed by atoms with E-state index < -0.39 is 0 Å². The number of benzene rings is 1. The standard InChI is InChI=1S/C13H20N2O2/c1-4-10(2)15(3)13(16)9-17-12-7-5-11(14)6-8-12/h5-8,10H,4,9,14H2,1-3H3. The second-order valence-corrected chi connectivity index (χ2v) is 4.12. The first kappa shape index (κ1) is 13.4. The molecule has 17 heavy (non-hydrogen) atoms. The van der Waals surface area contributed by atoms with Crippen molar-refractivity contribution in [2.45, 2.75) is 26.3 Å². The third-order valence-corrected chi connectivity index (χ3v) is 2.89. The van der Waals surface area contributed by atoms with Crippen LogP contribution in [0.4, 0.5) is 5.69 Å². The predicted molar refractivity (Wildman–Crippen MR) is 68.9 cm³/mol. The van der Waals surface area contributed by atoms with E-state index in [-0.39, 0.29) is 18.6 Å². The van der Waals surface area contributed by atoms with E-state index in [0.717, 1.165) is 6.42 Å². The summed E-state index contributed by atoms with van der Waals surface area (Å²) in [5.41, 5.74) is 6.24. The van der Waals surface area contributed by atoms with Crippen molar-refractivity contribution in [2.24, 2.45) is 0 Å². The first-order valence-corrected chi connectivity index (χ1v) is 5.78. The zero-order valence-corrected chi connectivity index (χ0v) is 10.6. The van der Waals surface area contributed by atoms with Crippen molar-refractivity contribution in [1.29, 1.82) is 0 Å². The van der Waals surface area contributed by atoms with Gasteiger partial charge in [-0.25, -0.2) is 0 Å². The van der Waals surface area contributed by atoms with Gasteiger partial charge in [-0.2, -0.15) is 0 Å². The Morgan fingerprint density at radius 3 is 2.53 bits per heavy atom. The molecule has 1 amide bonds. The van der Waals surface area contributed by atoms with Crippen molar-refractivity contribution in [2.75, 3.05) is 19.4 Å². The van der Waals surface area contributed by atoms with E-state index in [4.69, 9.17) is 10.5 Å². The van der Waals surface area contributed by atoms with Crippen molar-refractivity contribution in [3.05, 3.63) is 24.3 Å². The Hall–Kier alpha value is -1.71. The summed E-state index contributed by atoms with van der Waals surface area (Å²) in [4.78, 5) is 13.5. The molecule has 0 aliphatic carbocycles. The minimum absolute atomic E-state index is 0.0174. The summed E-state index contributed by atoms with van der Waals surface area (Å²) >= 11 is 0. The summed E-state index contributed by atoms with van der Waals surface area (Å²) in [6, 6.07) is 7.24. The van der Waals surface area contributed by atoms with Crippen LogP contribution in [-0.2, 0) is 4.79 Å². The molecule has 0 aromatic heterocycles. The smallest absolute Gasteiger partial charge is 0.260 e. The molecule has 0 saturated carbocycles. The van der Waals surface area contributed by atoms with E-state index >= 15 is 0 Å². The Kier molecular flexibility index (Phi) is 4.82. The number of nitrogen functional groups attached to an aromatic ring is 1. The van der Waals surface area contributed by atoms with Crippen molar-refractivity contribution in [3.63, 3.8) is 0 Å². The molecular weight excluding hydrogens is 216 g/mol. The highest BCUT2D eigenvalue weighted by Crippen LogP contribution is 2.13. The van der Waals surface area contributed by atoms with Gasteiger partial charge in [0, 0.05) is 18.8 Å². The average molecular weight is 236 g/mol. The molecule has 4 nitrogen and oxygen atoms in total. The number of amides is 1. The molecule has 0 aliphatic heterocycles. The largest absolute Gasteiger partial charge is 0.484 e. The number of carbonyl (C=O) groups is 1. The third-order valence-electron chi connectivity index (χ3n) is 2.89. The third kappa shape index (κ3) is 3.98. The summed E-state index contributed by atoms with van der Waals surface area (Å²) in [7, 11) is 1.79. The predicted octanol–water partition coefficient (Wildman–Crippen LogP) is 1.90. The molecule has 1 unspecified atom stereocenters. The number of anilines is 1. The van der Waals surface area contributed by atoms with Gasteiger partial charge in [0.1, 0.15) is 5.75 Å². The van der Waals surface area contributed by atoms with Crippen LogP contribution in [0.5, 0.6) is 5.75 Å². The number of hydrogen-bond donors (Lipinski definition) is 1. The van der Waals surface area contributed by atoms with Crippen LogP contribution in [0.1, 0.15) is 20.3 Å². The van der Waals surface area contributed by atoms with Crippen LogP contribution in [0.2, 0.25) is 0 Å².